The summed E-state index contributed by atoms with van der Waals surface area (Å²) in [7, 11) is 0. The molecule has 110 valence electrons. The van der Waals surface area contributed by atoms with Crippen LogP contribution >= 0.6 is 0 Å². The molecule has 0 aromatic carbocycles. The maximum Gasteiger partial charge on any atom is 0.410 e. The second kappa shape index (κ2) is 5.40. The molecule has 5 nitrogen and oxygen atoms in total. The molecule has 1 aliphatic rings. The SMILES string of the molecule is CC(C)(C)OC(=O)N1CCOC(C)(c2ccccn2)C1. The summed E-state index contributed by atoms with van der Waals surface area (Å²) in [6, 6.07) is 5.70. The van der Waals surface area contributed by atoms with Crippen molar-refractivity contribution in [1.29, 1.82) is 0 Å². The summed E-state index contributed by atoms with van der Waals surface area (Å²) in [6.45, 7) is 9.00. The molecule has 1 amide bonds. The van der Waals surface area contributed by atoms with Crippen molar-refractivity contribution >= 4 is 6.09 Å². The largest absolute Gasteiger partial charge is 0.444 e. The van der Waals surface area contributed by atoms with Crippen LogP contribution in [0, 0.1) is 0 Å². The van der Waals surface area contributed by atoms with E-state index in [1.165, 1.54) is 0 Å². The molecule has 5 heteroatoms. The first-order chi connectivity index (χ1) is 9.30. The van der Waals surface area contributed by atoms with E-state index in [4.69, 9.17) is 9.47 Å². The number of carbonyl (C=O) groups is 1. The average Bonchev–Trinajstić information content (AvgIpc) is 2.38. The molecule has 2 rings (SSSR count). The van der Waals surface area contributed by atoms with Gasteiger partial charge in [0.15, 0.2) is 0 Å². The van der Waals surface area contributed by atoms with Gasteiger partial charge in [-0.25, -0.2) is 4.79 Å². The molecule has 0 spiro atoms. The highest BCUT2D eigenvalue weighted by Crippen LogP contribution is 2.28. The Morgan fingerprint density at radius 3 is 2.80 bits per heavy atom. The summed E-state index contributed by atoms with van der Waals surface area (Å²) in [5, 5.41) is 0. The van der Waals surface area contributed by atoms with Crippen LogP contribution in [-0.2, 0) is 15.1 Å². The molecule has 1 saturated heterocycles. The van der Waals surface area contributed by atoms with Gasteiger partial charge in [0.2, 0.25) is 0 Å². The van der Waals surface area contributed by atoms with E-state index < -0.39 is 11.2 Å². The molecule has 0 aliphatic carbocycles. The van der Waals surface area contributed by atoms with Crippen LogP contribution in [0.2, 0.25) is 0 Å². The quantitative estimate of drug-likeness (QED) is 0.792. The Labute approximate surface area is 119 Å². The van der Waals surface area contributed by atoms with Gasteiger partial charge in [0.1, 0.15) is 11.2 Å². The zero-order valence-corrected chi connectivity index (χ0v) is 12.5. The normalized spacial score (nSPS) is 23.5. The van der Waals surface area contributed by atoms with Gasteiger partial charge in [-0.1, -0.05) is 6.07 Å². The molecule has 1 atom stereocenters. The molecule has 0 saturated carbocycles. The lowest BCUT2D eigenvalue weighted by molar-refractivity contribution is -0.105. The molecule has 1 unspecified atom stereocenters. The summed E-state index contributed by atoms with van der Waals surface area (Å²) in [5.41, 5.74) is -0.249. The van der Waals surface area contributed by atoms with Crippen LogP contribution in [0.15, 0.2) is 24.4 Å². The monoisotopic (exact) mass is 278 g/mol. The lowest BCUT2D eigenvalue weighted by Gasteiger charge is -2.40. The van der Waals surface area contributed by atoms with E-state index in [2.05, 4.69) is 4.98 Å². The lowest BCUT2D eigenvalue weighted by Crippen LogP contribution is -2.51. The van der Waals surface area contributed by atoms with Gasteiger partial charge in [0.25, 0.3) is 0 Å². The fourth-order valence-electron chi connectivity index (χ4n) is 2.18. The number of aromatic nitrogens is 1. The highest BCUT2D eigenvalue weighted by atomic mass is 16.6. The minimum atomic E-state index is -0.587. The Bertz CT molecular complexity index is 470. The number of carbonyl (C=O) groups excluding carboxylic acids is 1. The van der Waals surface area contributed by atoms with E-state index in [-0.39, 0.29) is 6.09 Å². The molecule has 0 bridgehead atoms. The van der Waals surface area contributed by atoms with Gasteiger partial charge in [0, 0.05) is 12.7 Å². The van der Waals surface area contributed by atoms with Gasteiger partial charge in [-0.2, -0.15) is 0 Å². The average molecular weight is 278 g/mol. The van der Waals surface area contributed by atoms with Crippen molar-refractivity contribution in [3.05, 3.63) is 30.1 Å². The standard InChI is InChI=1S/C15H22N2O3/c1-14(2,3)20-13(18)17-9-10-19-15(4,11-17)12-7-5-6-8-16-12/h5-8H,9-11H2,1-4H3. The second-order valence-corrected chi connectivity index (χ2v) is 6.20. The van der Waals surface area contributed by atoms with E-state index in [1.807, 2.05) is 45.9 Å². The highest BCUT2D eigenvalue weighted by Gasteiger charge is 2.38. The van der Waals surface area contributed by atoms with Crippen molar-refractivity contribution < 1.29 is 14.3 Å². The molecule has 1 aromatic rings. The number of pyridine rings is 1. The summed E-state index contributed by atoms with van der Waals surface area (Å²) in [5.74, 6) is 0. The minimum Gasteiger partial charge on any atom is -0.444 e. The van der Waals surface area contributed by atoms with Gasteiger partial charge >= 0.3 is 6.09 Å². The number of morpholine rings is 1. The second-order valence-electron chi connectivity index (χ2n) is 6.20. The predicted molar refractivity (Wildman–Crippen MR) is 75.3 cm³/mol. The minimum absolute atomic E-state index is 0.303. The first-order valence-electron chi connectivity index (χ1n) is 6.84. The summed E-state index contributed by atoms with van der Waals surface area (Å²) in [6.07, 6.45) is 1.43. The number of nitrogens with zero attached hydrogens (tertiary/aromatic N) is 2. The fraction of sp³-hybridized carbons (Fsp3) is 0.600. The maximum absolute atomic E-state index is 12.2. The number of hydrogen-bond donors (Lipinski definition) is 0. The van der Waals surface area contributed by atoms with Gasteiger partial charge in [0.05, 0.1) is 18.8 Å². The lowest BCUT2D eigenvalue weighted by atomic mass is 9.99. The van der Waals surface area contributed by atoms with Crippen LogP contribution in [0.25, 0.3) is 0 Å². The van der Waals surface area contributed by atoms with Gasteiger partial charge in [-0.15, -0.1) is 0 Å². The molecule has 20 heavy (non-hydrogen) atoms. The van der Waals surface area contributed by atoms with Crippen molar-refractivity contribution in [1.82, 2.24) is 9.88 Å². The number of hydrogen-bond acceptors (Lipinski definition) is 4. The van der Waals surface area contributed by atoms with Crippen LogP contribution in [0.3, 0.4) is 0 Å². The number of amides is 1. The predicted octanol–water partition coefficient (Wildman–Crippen LogP) is 2.56. The Balaban J connectivity index is 2.11. The van der Waals surface area contributed by atoms with Gasteiger partial charge < -0.3 is 14.4 Å². The zero-order chi connectivity index (χ0) is 14.8. The Kier molecular flexibility index (Phi) is 3.99. The molecule has 1 aromatic heterocycles. The summed E-state index contributed by atoms with van der Waals surface area (Å²) >= 11 is 0. The number of ether oxygens (including phenoxy) is 2. The zero-order valence-electron chi connectivity index (χ0n) is 12.5. The van der Waals surface area contributed by atoms with Gasteiger partial charge in [-0.3, -0.25) is 4.98 Å². The first-order valence-corrected chi connectivity index (χ1v) is 6.84. The van der Waals surface area contributed by atoms with Gasteiger partial charge in [-0.05, 0) is 39.8 Å². The third-order valence-electron chi connectivity index (χ3n) is 3.13. The maximum atomic E-state index is 12.2. The molecule has 1 fully saturated rings. The van der Waals surface area contributed by atoms with Crippen molar-refractivity contribution in [3.8, 4) is 0 Å². The van der Waals surface area contributed by atoms with Crippen molar-refractivity contribution in [2.45, 2.75) is 38.9 Å². The summed E-state index contributed by atoms with van der Waals surface area (Å²) in [4.78, 5) is 18.2. The topological polar surface area (TPSA) is 51.7 Å². The molecule has 0 radical (unpaired) electrons. The van der Waals surface area contributed by atoms with Crippen LogP contribution in [-0.4, -0.2) is 41.3 Å². The van der Waals surface area contributed by atoms with E-state index in [1.54, 1.807) is 11.1 Å². The van der Waals surface area contributed by atoms with Crippen molar-refractivity contribution in [3.63, 3.8) is 0 Å². The van der Waals surface area contributed by atoms with Crippen LogP contribution in [0.1, 0.15) is 33.4 Å². The van der Waals surface area contributed by atoms with Crippen LogP contribution < -0.4 is 0 Å². The van der Waals surface area contributed by atoms with Crippen LogP contribution in [0.5, 0.6) is 0 Å². The fourth-order valence-corrected chi connectivity index (χ4v) is 2.18. The Morgan fingerprint density at radius 1 is 1.45 bits per heavy atom. The Morgan fingerprint density at radius 2 is 2.20 bits per heavy atom. The number of rotatable bonds is 1. The molecule has 0 N–H and O–H groups in total. The molecule has 1 aliphatic heterocycles. The molecular formula is C15H22N2O3. The first kappa shape index (κ1) is 14.8. The third kappa shape index (κ3) is 3.48. The van der Waals surface area contributed by atoms with Crippen molar-refractivity contribution in [2.75, 3.05) is 19.7 Å². The molecule has 2 heterocycles. The van der Waals surface area contributed by atoms with Crippen molar-refractivity contribution in [2.24, 2.45) is 0 Å². The van der Waals surface area contributed by atoms with E-state index >= 15 is 0 Å². The molecular weight excluding hydrogens is 256 g/mol. The smallest absolute Gasteiger partial charge is 0.410 e. The van der Waals surface area contributed by atoms with E-state index in [9.17, 15) is 4.79 Å². The van der Waals surface area contributed by atoms with E-state index in [0.717, 1.165) is 5.69 Å². The van der Waals surface area contributed by atoms with Crippen LogP contribution in [0.4, 0.5) is 4.79 Å². The van der Waals surface area contributed by atoms with E-state index in [0.29, 0.717) is 19.7 Å². The highest BCUT2D eigenvalue weighted by molar-refractivity contribution is 5.68. The Hall–Kier alpha value is -1.62. The third-order valence-corrected chi connectivity index (χ3v) is 3.13. The summed E-state index contributed by atoms with van der Waals surface area (Å²) < 4.78 is 11.3.